The van der Waals surface area contributed by atoms with Gasteiger partial charge in [0.15, 0.2) is 0 Å². The second-order valence-electron chi connectivity index (χ2n) is 7.34. The van der Waals surface area contributed by atoms with Crippen molar-refractivity contribution in [3.05, 3.63) is 124 Å². The van der Waals surface area contributed by atoms with Gasteiger partial charge in [-0.3, -0.25) is 10.1 Å². The highest BCUT2D eigenvalue weighted by molar-refractivity contribution is 5.95. The summed E-state index contributed by atoms with van der Waals surface area (Å²) in [7, 11) is 0. The van der Waals surface area contributed by atoms with Crippen molar-refractivity contribution in [2.75, 3.05) is 0 Å². The van der Waals surface area contributed by atoms with Gasteiger partial charge < -0.3 is 5.11 Å². The Kier molecular flexibility index (Phi) is 6.09. The largest absolute Gasteiger partial charge is 0.478 e. The highest BCUT2D eigenvalue weighted by Crippen LogP contribution is 2.30. The van der Waals surface area contributed by atoms with E-state index in [-0.39, 0.29) is 17.1 Å². The van der Waals surface area contributed by atoms with Crippen LogP contribution in [0.1, 0.15) is 21.5 Å². The average molecular weight is 439 g/mol. The monoisotopic (exact) mass is 439 g/mol. The first-order chi connectivity index (χ1) is 15.9. The molecule has 4 aromatic rings. The number of hydrogen-bond acceptors (Lipinski definition) is 3. The molecule has 0 aliphatic heterocycles. The third-order valence-electron chi connectivity index (χ3n) is 5.24. The zero-order valence-electron chi connectivity index (χ0n) is 17.3. The lowest BCUT2D eigenvalue weighted by Crippen LogP contribution is -1.99. The molecule has 0 atom stereocenters. The molecule has 0 amide bonds. The second kappa shape index (κ2) is 9.28. The molecule has 0 fully saturated rings. The van der Waals surface area contributed by atoms with E-state index in [1.807, 2.05) is 30.3 Å². The second-order valence-corrected chi connectivity index (χ2v) is 7.34. The zero-order valence-corrected chi connectivity index (χ0v) is 17.3. The van der Waals surface area contributed by atoms with Gasteiger partial charge in [0.05, 0.1) is 16.1 Å². The predicted octanol–water partition coefficient (Wildman–Crippen LogP) is 6.94. The Morgan fingerprint density at radius 3 is 2.00 bits per heavy atom. The fourth-order valence-electron chi connectivity index (χ4n) is 3.55. The van der Waals surface area contributed by atoms with Crippen LogP contribution in [0.25, 0.3) is 34.4 Å². The maximum Gasteiger partial charge on any atom is 0.336 e. The predicted molar refractivity (Wildman–Crippen MR) is 126 cm³/mol. The SMILES string of the molecule is O=C(O)c1ccc(-c2ccc(F)cc2)cc1/C=C/c1ccc(-c2ccccc2)cc1[N+](=O)[O-]. The van der Waals surface area contributed by atoms with Crippen LogP contribution in [0.5, 0.6) is 0 Å². The van der Waals surface area contributed by atoms with E-state index < -0.39 is 10.9 Å². The smallest absolute Gasteiger partial charge is 0.336 e. The molecule has 0 bridgehead atoms. The van der Waals surface area contributed by atoms with Crippen LogP contribution in [0.4, 0.5) is 10.1 Å². The maximum absolute atomic E-state index is 13.3. The maximum atomic E-state index is 13.3. The number of carboxylic acids is 1. The normalized spacial score (nSPS) is 10.9. The Balaban J connectivity index is 1.74. The van der Waals surface area contributed by atoms with Gasteiger partial charge in [-0.25, -0.2) is 9.18 Å². The van der Waals surface area contributed by atoms with E-state index in [4.69, 9.17) is 0 Å². The van der Waals surface area contributed by atoms with Crippen LogP contribution >= 0.6 is 0 Å². The molecule has 0 saturated heterocycles. The standard InChI is InChI=1S/C27H18FNO4/c28-24-13-10-19(11-14-24)21-12-15-25(27(30)31)23(16-21)9-7-20-6-8-22(17-26(20)29(32)33)18-4-2-1-3-5-18/h1-17H,(H,30,31)/b9-7+. The summed E-state index contributed by atoms with van der Waals surface area (Å²) < 4.78 is 13.3. The van der Waals surface area contributed by atoms with Crippen molar-refractivity contribution < 1.29 is 19.2 Å². The first-order valence-electron chi connectivity index (χ1n) is 10.1. The van der Waals surface area contributed by atoms with Gasteiger partial charge in [-0.05, 0) is 64.2 Å². The van der Waals surface area contributed by atoms with E-state index in [2.05, 4.69) is 0 Å². The van der Waals surface area contributed by atoms with Gasteiger partial charge in [-0.1, -0.05) is 60.7 Å². The molecule has 0 aliphatic carbocycles. The first kappa shape index (κ1) is 21.6. The Morgan fingerprint density at radius 1 is 0.758 bits per heavy atom. The van der Waals surface area contributed by atoms with Crippen LogP contribution in [0, 0.1) is 15.9 Å². The Hall–Kier alpha value is -4.58. The number of halogens is 1. The molecular formula is C27H18FNO4. The summed E-state index contributed by atoms with van der Waals surface area (Å²) in [4.78, 5) is 23.0. The number of hydrogen-bond donors (Lipinski definition) is 1. The minimum absolute atomic E-state index is 0.0562. The summed E-state index contributed by atoms with van der Waals surface area (Å²) in [6.45, 7) is 0. The van der Waals surface area contributed by atoms with Gasteiger partial charge in [0.2, 0.25) is 0 Å². The molecule has 33 heavy (non-hydrogen) atoms. The highest BCUT2D eigenvalue weighted by atomic mass is 19.1. The van der Waals surface area contributed by atoms with E-state index >= 15 is 0 Å². The fraction of sp³-hybridized carbons (Fsp3) is 0. The third kappa shape index (κ3) is 4.85. The number of nitro groups is 1. The molecular weight excluding hydrogens is 421 g/mol. The molecule has 4 aromatic carbocycles. The minimum Gasteiger partial charge on any atom is -0.478 e. The lowest BCUT2D eigenvalue weighted by molar-refractivity contribution is -0.385. The summed E-state index contributed by atoms with van der Waals surface area (Å²) in [6.07, 6.45) is 3.07. The molecule has 5 nitrogen and oxygen atoms in total. The average Bonchev–Trinajstić information content (AvgIpc) is 2.83. The van der Waals surface area contributed by atoms with Crippen LogP contribution in [-0.4, -0.2) is 16.0 Å². The third-order valence-corrected chi connectivity index (χ3v) is 5.24. The lowest BCUT2D eigenvalue weighted by Gasteiger charge is -2.07. The Labute approximate surface area is 189 Å². The number of carbonyl (C=O) groups is 1. The van der Waals surface area contributed by atoms with Crippen LogP contribution in [0.2, 0.25) is 0 Å². The molecule has 6 heteroatoms. The number of nitrogens with zero attached hydrogens (tertiary/aromatic N) is 1. The van der Waals surface area contributed by atoms with Gasteiger partial charge in [0, 0.05) is 6.07 Å². The van der Waals surface area contributed by atoms with E-state index in [9.17, 15) is 24.4 Å². The summed E-state index contributed by atoms with van der Waals surface area (Å²) in [5, 5.41) is 21.3. The molecule has 0 saturated carbocycles. The van der Waals surface area contributed by atoms with E-state index in [0.29, 0.717) is 22.3 Å². The molecule has 4 rings (SSSR count). The van der Waals surface area contributed by atoms with Crippen LogP contribution in [0.15, 0.2) is 91.0 Å². The van der Waals surface area contributed by atoms with Crippen molar-refractivity contribution in [2.24, 2.45) is 0 Å². The van der Waals surface area contributed by atoms with Crippen LogP contribution in [0.3, 0.4) is 0 Å². The van der Waals surface area contributed by atoms with Crippen molar-refractivity contribution in [3.8, 4) is 22.3 Å². The minimum atomic E-state index is -1.12. The summed E-state index contributed by atoms with van der Waals surface area (Å²) >= 11 is 0. The number of benzene rings is 4. The molecule has 162 valence electrons. The molecule has 0 radical (unpaired) electrons. The van der Waals surface area contributed by atoms with Crippen LogP contribution in [-0.2, 0) is 0 Å². The number of nitro benzene ring substituents is 1. The molecule has 0 aliphatic rings. The first-order valence-corrected chi connectivity index (χ1v) is 10.1. The topological polar surface area (TPSA) is 80.4 Å². The summed E-state index contributed by atoms with van der Waals surface area (Å²) in [5.41, 5.74) is 3.70. The van der Waals surface area contributed by atoms with E-state index in [0.717, 1.165) is 11.1 Å². The molecule has 1 N–H and O–H groups in total. The summed E-state index contributed by atoms with van der Waals surface area (Å²) in [5.74, 6) is -1.48. The van der Waals surface area contributed by atoms with Crippen LogP contribution < -0.4 is 0 Å². The van der Waals surface area contributed by atoms with Crippen molar-refractivity contribution >= 4 is 23.8 Å². The van der Waals surface area contributed by atoms with Crippen molar-refractivity contribution in [1.29, 1.82) is 0 Å². The Morgan fingerprint density at radius 2 is 1.33 bits per heavy atom. The Bertz CT molecular complexity index is 1360. The molecule has 0 heterocycles. The van der Waals surface area contributed by atoms with Gasteiger partial charge >= 0.3 is 5.97 Å². The van der Waals surface area contributed by atoms with E-state index in [1.54, 1.807) is 42.5 Å². The number of carboxylic acid groups (broad SMARTS) is 1. The molecule has 0 spiro atoms. The number of aromatic carboxylic acids is 1. The van der Waals surface area contributed by atoms with Crippen molar-refractivity contribution in [2.45, 2.75) is 0 Å². The lowest BCUT2D eigenvalue weighted by atomic mass is 9.97. The fourth-order valence-corrected chi connectivity index (χ4v) is 3.55. The molecule has 0 unspecified atom stereocenters. The number of rotatable bonds is 6. The van der Waals surface area contributed by atoms with Gasteiger partial charge in [-0.2, -0.15) is 0 Å². The van der Waals surface area contributed by atoms with Gasteiger partial charge in [-0.15, -0.1) is 0 Å². The van der Waals surface area contributed by atoms with Crippen molar-refractivity contribution in [1.82, 2.24) is 0 Å². The van der Waals surface area contributed by atoms with E-state index in [1.165, 1.54) is 30.3 Å². The molecule has 0 aromatic heterocycles. The quantitative estimate of drug-likeness (QED) is 0.201. The summed E-state index contributed by atoms with van der Waals surface area (Å²) in [6, 6.07) is 24.9. The highest BCUT2D eigenvalue weighted by Gasteiger charge is 2.15. The van der Waals surface area contributed by atoms with Crippen molar-refractivity contribution in [3.63, 3.8) is 0 Å². The van der Waals surface area contributed by atoms with Gasteiger partial charge in [0.1, 0.15) is 5.82 Å². The van der Waals surface area contributed by atoms with Gasteiger partial charge in [0.25, 0.3) is 5.69 Å². The zero-order chi connectivity index (χ0) is 23.4.